The number of nitrogens with zero attached hydrogens (tertiary/aromatic N) is 3. The van der Waals surface area contributed by atoms with Crippen LogP contribution >= 0.6 is 0 Å². The molecule has 2 aromatic carbocycles. The molecule has 0 aliphatic heterocycles. The van der Waals surface area contributed by atoms with E-state index in [1.54, 1.807) is 14.2 Å². The van der Waals surface area contributed by atoms with Gasteiger partial charge in [-0.05, 0) is 42.7 Å². The Morgan fingerprint density at radius 3 is 2.47 bits per heavy atom. The van der Waals surface area contributed by atoms with Gasteiger partial charge in [0.25, 0.3) is 0 Å². The van der Waals surface area contributed by atoms with E-state index in [4.69, 9.17) is 9.47 Å². The molecule has 0 radical (unpaired) electrons. The van der Waals surface area contributed by atoms with E-state index in [0.717, 1.165) is 16.8 Å². The van der Waals surface area contributed by atoms with Gasteiger partial charge in [-0.1, -0.05) is 24.3 Å². The highest BCUT2D eigenvalue weighted by molar-refractivity contribution is 5.74. The van der Waals surface area contributed by atoms with Crippen LogP contribution in [0.2, 0.25) is 0 Å². The summed E-state index contributed by atoms with van der Waals surface area (Å²) in [5.74, 6) is 1.57. The summed E-state index contributed by atoms with van der Waals surface area (Å²) in [6, 6.07) is 13.1. The van der Waals surface area contributed by atoms with Gasteiger partial charge in [0.1, 0.15) is 6.33 Å². The molecule has 0 spiro atoms. The van der Waals surface area contributed by atoms with Crippen LogP contribution in [0.15, 0.2) is 48.8 Å². The molecule has 3 aromatic rings. The van der Waals surface area contributed by atoms with Crippen molar-refractivity contribution in [3.8, 4) is 11.5 Å². The van der Waals surface area contributed by atoms with Crippen molar-refractivity contribution in [2.45, 2.75) is 13.3 Å². The Kier molecular flexibility index (Phi) is 6.63. The number of aryl methyl sites for hydroxylation is 1. The van der Waals surface area contributed by atoms with Gasteiger partial charge in [-0.2, -0.15) is 0 Å². The lowest BCUT2D eigenvalue weighted by Gasteiger charge is -2.12. The summed E-state index contributed by atoms with van der Waals surface area (Å²) < 4.78 is 10.5. The fourth-order valence-corrected chi connectivity index (χ4v) is 2.97. The van der Waals surface area contributed by atoms with E-state index >= 15 is 0 Å². The highest BCUT2D eigenvalue weighted by Crippen LogP contribution is 2.32. The van der Waals surface area contributed by atoms with Crippen LogP contribution in [-0.2, 0) is 6.42 Å². The predicted octanol–water partition coefficient (Wildman–Crippen LogP) is 4.11. The Bertz CT molecular complexity index is 1040. The molecule has 0 saturated carbocycles. The number of ether oxygens (including phenoxy) is 2. The minimum atomic E-state index is -0.487. The van der Waals surface area contributed by atoms with E-state index in [-0.39, 0.29) is 17.3 Å². The Labute approximate surface area is 174 Å². The van der Waals surface area contributed by atoms with Gasteiger partial charge in [0.15, 0.2) is 11.5 Å². The Balaban J connectivity index is 1.76. The quantitative estimate of drug-likeness (QED) is 0.401. The van der Waals surface area contributed by atoms with E-state index in [0.29, 0.717) is 24.5 Å². The van der Waals surface area contributed by atoms with E-state index < -0.39 is 4.92 Å². The first-order valence-corrected chi connectivity index (χ1v) is 9.30. The molecule has 9 heteroatoms. The molecule has 0 amide bonds. The summed E-state index contributed by atoms with van der Waals surface area (Å²) in [5, 5.41) is 17.8. The Hall–Kier alpha value is -3.88. The molecule has 0 saturated heterocycles. The molecule has 0 aliphatic rings. The van der Waals surface area contributed by atoms with E-state index in [1.165, 1.54) is 6.33 Å². The summed E-state index contributed by atoms with van der Waals surface area (Å²) in [6.07, 6.45) is 1.91. The summed E-state index contributed by atoms with van der Waals surface area (Å²) in [5.41, 5.74) is 2.49. The van der Waals surface area contributed by atoms with Crippen LogP contribution in [0.5, 0.6) is 11.5 Å². The molecule has 1 heterocycles. The number of para-hydroxylation sites is 1. The van der Waals surface area contributed by atoms with Gasteiger partial charge >= 0.3 is 5.69 Å². The topological polar surface area (TPSA) is 111 Å². The third kappa shape index (κ3) is 4.75. The van der Waals surface area contributed by atoms with Crippen molar-refractivity contribution in [3.63, 3.8) is 0 Å². The number of aromatic nitrogens is 2. The van der Waals surface area contributed by atoms with Gasteiger partial charge in [0.2, 0.25) is 11.6 Å². The van der Waals surface area contributed by atoms with Crippen molar-refractivity contribution in [2.24, 2.45) is 0 Å². The second kappa shape index (κ2) is 9.55. The van der Waals surface area contributed by atoms with Crippen molar-refractivity contribution in [1.82, 2.24) is 9.97 Å². The monoisotopic (exact) mass is 409 g/mol. The number of nitro groups is 1. The van der Waals surface area contributed by atoms with E-state index in [1.807, 2.05) is 49.4 Å². The fraction of sp³-hybridized carbons (Fsp3) is 0.238. The van der Waals surface area contributed by atoms with Gasteiger partial charge in [0.05, 0.1) is 19.1 Å². The lowest BCUT2D eigenvalue weighted by atomic mass is 10.1. The maximum absolute atomic E-state index is 11.7. The summed E-state index contributed by atoms with van der Waals surface area (Å²) in [6.45, 7) is 2.36. The van der Waals surface area contributed by atoms with Crippen molar-refractivity contribution in [3.05, 3.63) is 70.0 Å². The molecule has 0 bridgehead atoms. The second-order valence-electron chi connectivity index (χ2n) is 6.48. The molecule has 156 valence electrons. The zero-order valence-corrected chi connectivity index (χ0v) is 17.0. The SMILES string of the molecule is COc1ccc(CCNc2ncnc(Nc3ccccc3C)c2[N+](=O)[O-])cc1OC. The van der Waals surface area contributed by atoms with Crippen LogP contribution < -0.4 is 20.1 Å². The highest BCUT2D eigenvalue weighted by Gasteiger charge is 2.23. The van der Waals surface area contributed by atoms with Crippen LogP contribution in [0, 0.1) is 17.0 Å². The first-order chi connectivity index (χ1) is 14.5. The maximum atomic E-state index is 11.7. The average Bonchev–Trinajstić information content (AvgIpc) is 2.75. The number of anilines is 3. The molecular weight excluding hydrogens is 386 g/mol. The van der Waals surface area contributed by atoms with Crippen LogP contribution in [0.4, 0.5) is 23.0 Å². The third-order valence-electron chi connectivity index (χ3n) is 4.56. The molecule has 9 nitrogen and oxygen atoms in total. The molecular formula is C21H23N5O4. The Morgan fingerprint density at radius 2 is 1.77 bits per heavy atom. The normalized spacial score (nSPS) is 10.4. The largest absolute Gasteiger partial charge is 0.493 e. The first kappa shape index (κ1) is 20.8. The van der Waals surface area contributed by atoms with Gasteiger partial charge in [-0.25, -0.2) is 9.97 Å². The van der Waals surface area contributed by atoms with Crippen molar-refractivity contribution >= 4 is 23.0 Å². The van der Waals surface area contributed by atoms with Crippen LogP contribution in [-0.4, -0.2) is 35.7 Å². The molecule has 0 fully saturated rings. The number of hydrogen-bond acceptors (Lipinski definition) is 8. The Morgan fingerprint density at radius 1 is 1.03 bits per heavy atom. The van der Waals surface area contributed by atoms with Crippen LogP contribution in [0.1, 0.15) is 11.1 Å². The molecule has 0 atom stereocenters. The van der Waals surface area contributed by atoms with E-state index in [9.17, 15) is 10.1 Å². The summed E-state index contributed by atoms with van der Waals surface area (Å²) in [4.78, 5) is 19.4. The zero-order chi connectivity index (χ0) is 21.5. The third-order valence-corrected chi connectivity index (χ3v) is 4.56. The minimum absolute atomic E-state index is 0.137. The zero-order valence-electron chi connectivity index (χ0n) is 17.0. The van der Waals surface area contributed by atoms with Gasteiger partial charge in [-0.3, -0.25) is 10.1 Å². The molecule has 0 unspecified atom stereocenters. The first-order valence-electron chi connectivity index (χ1n) is 9.30. The van der Waals surface area contributed by atoms with Crippen molar-refractivity contribution < 1.29 is 14.4 Å². The van der Waals surface area contributed by atoms with Gasteiger partial charge in [0, 0.05) is 12.2 Å². The van der Waals surface area contributed by atoms with Crippen molar-refractivity contribution in [1.29, 1.82) is 0 Å². The molecule has 30 heavy (non-hydrogen) atoms. The summed E-state index contributed by atoms with van der Waals surface area (Å²) in [7, 11) is 3.16. The molecule has 3 rings (SSSR count). The van der Waals surface area contributed by atoms with Crippen molar-refractivity contribution in [2.75, 3.05) is 31.4 Å². The number of nitrogens with one attached hydrogen (secondary N) is 2. The molecule has 0 aliphatic carbocycles. The van der Waals surface area contributed by atoms with E-state index in [2.05, 4.69) is 20.6 Å². The van der Waals surface area contributed by atoms with Crippen LogP contribution in [0.3, 0.4) is 0 Å². The number of benzene rings is 2. The maximum Gasteiger partial charge on any atom is 0.353 e. The van der Waals surface area contributed by atoms with Gasteiger partial charge < -0.3 is 20.1 Å². The summed E-state index contributed by atoms with van der Waals surface area (Å²) >= 11 is 0. The lowest BCUT2D eigenvalue weighted by Crippen LogP contribution is -2.11. The predicted molar refractivity (Wildman–Crippen MR) is 115 cm³/mol. The second-order valence-corrected chi connectivity index (χ2v) is 6.48. The highest BCUT2D eigenvalue weighted by atomic mass is 16.6. The number of hydrogen-bond donors (Lipinski definition) is 2. The van der Waals surface area contributed by atoms with Crippen LogP contribution in [0.25, 0.3) is 0 Å². The standard InChI is InChI=1S/C21H23N5O4/c1-14-6-4-5-7-16(14)25-21-19(26(27)28)20(23-13-24-21)22-11-10-15-8-9-17(29-2)18(12-15)30-3/h4-9,12-13H,10-11H2,1-3H3,(H2,22,23,24,25). The number of methoxy groups -OCH3 is 2. The smallest absolute Gasteiger partial charge is 0.353 e. The minimum Gasteiger partial charge on any atom is -0.493 e. The number of rotatable bonds is 9. The molecule has 2 N–H and O–H groups in total. The average molecular weight is 409 g/mol. The molecule has 1 aromatic heterocycles. The van der Waals surface area contributed by atoms with Gasteiger partial charge in [-0.15, -0.1) is 0 Å². The fourth-order valence-electron chi connectivity index (χ4n) is 2.97. The lowest BCUT2D eigenvalue weighted by molar-refractivity contribution is -0.383.